The van der Waals surface area contributed by atoms with Gasteiger partial charge in [-0.1, -0.05) is 6.07 Å². The fraction of sp³-hybridized carbons (Fsp3) is 0.417. The molecule has 2 rings (SSSR count). The zero-order chi connectivity index (χ0) is 14.0. The lowest BCUT2D eigenvalue weighted by Crippen LogP contribution is -2.35. The van der Waals surface area contributed by atoms with Gasteiger partial charge >= 0.3 is 6.18 Å². The third-order valence-electron chi connectivity index (χ3n) is 2.92. The first-order chi connectivity index (χ1) is 8.89. The molecule has 0 bridgehead atoms. The number of benzene rings is 1. The molecule has 3 N–H and O–H groups in total. The number of rotatable bonds is 2. The predicted molar refractivity (Wildman–Crippen MR) is 69.1 cm³/mol. The Morgan fingerprint density at radius 3 is 2.74 bits per heavy atom. The van der Waals surface area contributed by atoms with Crippen LogP contribution in [0.25, 0.3) is 0 Å². The van der Waals surface area contributed by atoms with E-state index in [4.69, 9.17) is 5.73 Å². The number of amides is 1. The smallest absolute Gasteiger partial charge is 0.398 e. The van der Waals surface area contributed by atoms with Crippen molar-refractivity contribution in [2.75, 3.05) is 17.2 Å². The van der Waals surface area contributed by atoms with Crippen LogP contribution in [0.1, 0.15) is 22.3 Å². The van der Waals surface area contributed by atoms with Crippen molar-refractivity contribution in [1.29, 1.82) is 0 Å². The van der Waals surface area contributed by atoms with Crippen molar-refractivity contribution >= 4 is 23.4 Å². The van der Waals surface area contributed by atoms with Gasteiger partial charge in [0.05, 0.1) is 16.8 Å². The highest BCUT2D eigenvalue weighted by molar-refractivity contribution is 7.99. The molecule has 1 aromatic rings. The molecule has 1 aliphatic rings. The van der Waals surface area contributed by atoms with Gasteiger partial charge in [-0.3, -0.25) is 4.79 Å². The number of nitrogens with two attached hydrogens (primary N) is 1. The van der Waals surface area contributed by atoms with Gasteiger partial charge in [0.15, 0.2) is 0 Å². The van der Waals surface area contributed by atoms with Crippen LogP contribution in [0.3, 0.4) is 0 Å². The van der Waals surface area contributed by atoms with Crippen LogP contribution in [0.4, 0.5) is 18.9 Å². The number of hydrogen-bond donors (Lipinski definition) is 2. The Bertz CT molecular complexity index is 484. The number of thioether (sulfide) groups is 1. The average Bonchev–Trinajstić information content (AvgIpc) is 2.80. The van der Waals surface area contributed by atoms with E-state index in [-0.39, 0.29) is 11.6 Å². The number of hydrogen-bond acceptors (Lipinski definition) is 3. The third kappa shape index (κ3) is 3.15. The maximum atomic E-state index is 12.7. The van der Waals surface area contributed by atoms with Gasteiger partial charge in [-0.2, -0.15) is 24.9 Å². The second-order valence-corrected chi connectivity index (χ2v) is 5.45. The van der Waals surface area contributed by atoms with Crippen molar-refractivity contribution in [1.82, 2.24) is 5.32 Å². The number of nitrogen functional groups attached to an aromatic ring is 1. The van der Waals surface area contributed by atoms with E-state index in [0.29, 0.717) is 0 Å². The van der Waals surface area contributed by atoms with Crippen LogP contribution in [-0.2, 0) is 6.18 Å². The highest BCUT2D eigenvalue weighted by Gasteiger charge is 2.34. The van der Waals surface area contributed by atoms with Gasteiger partial charge in [0, 0.05) is 11.8 Å². The van der Waals surface area contributed by atoms with Crippen LogP contribution in [0.15, 0.2) is 18.2 Å². The highest BCUT2D eigenvalue weighted by Crippen LogP contribution is 2.35. The monoisotopic (exact) mass is 290 g/mol. The Balaban J connectivity index is 2.22. The summed E-state index contributed by atoms with van der Waals surface area (Å²) in [6, 6.07) is 3.38. The zero-order valence-electron chi connectivity index (χ0n) is 9.96. The molecule has 0 saturated carbocycles. The maximum Gasteiger partial charge on any atom is 0.418 e. The lowest BCUT2D eigenvalue weighted by molar-refractivity contribution is -0.136. The molecular weight excluding hydrogens is 277 g/mol. The SMILES string of the molecule is Nc1c(C(=O)NC2CCSC2)cccc1C(F)(F)F. The first kappa shape index (κ1) is 14.0. The summed E-state index contributed by atoms with van der Waals surface area (Å²) in [7, 11) is 0. The van der Waals surface area contributed by atoms with Crippen molar-refractivity contribution in [3.8, 4) is 0 Å². The molecule has 1 saturated heterocycles. The van der Waals surface area contributed by atoms with Crippen molar-refractivity contribution in [2.24, 2.45) is 0 Å². The number of alkyl halides is 3. The largest absolute Gasteiger partial charge is 0.418 e. The minimum Gasteiger partial charge on any atom is -0.398 e. The van der Waals surface area contributed by atoms with E-state index in [0.717, 1.165) is 24.0 Å². The molecule has 1 amide bonds. The Morgan fingerprint density at radius 1 is 1.42 bits per heavy atom. The molecule has 0 spiro atoms. The first-order valence-corrected chi connectivity index (χ1v) is 6.89. The van der Waals surface area contributed by atoms with Gasteiger partial charge in [-0.25, -0.2) is 0 Å². The molecular formula is C12H13F3N2OS. The summed E-state index contributed by atoms with van der Waals surface area (Å²) in [6.45, 7) is 0. The van der Waals surface area contributed by atoms with Gasteiger partial charge < -0.3 is 11.1 Å². The predicted octanol–water partition coefficient (Wildman–Crippen LogP) is 2.52. The lowest BCUT2D eigenvalue weighted by Gasteiger charge is -2.15. The molecule has 0 aliphatic carbocycles. The van der Waals surface area contributed by atoms with Crippen LogP contribution in [-0.4, -0.2) is 23.5 Å². The van der Waals surface area contributed by atoms with Crippen molar-refractivity contribution in [3.05, 3.63) is 29.3 Å². The van der Waals surface area contributed by atoms with Gasteiger partial charge in [0.1, 0.15) is 0 Å². The number of anilines is 1. The van der Waals surface area contributed by atoms with Crippen LogP contribution in [0.2, 0.25) is 0 Å². The second-order valence-electron chi connectivity index (χ2n) is 4.30. The maximum absolute atomic E-state index is 12.7. The molecule has 1 heterocycles. The van der Waals surface area contributed by atoms with E-state index in [1.54, 1.807) is 11.8 Å². The van der Waals surface area contributed by atoms with Crippen molar-refractivity contribution in [3.63, 3.8) is 0 Å². The zero-order valence-corrected chi connectivity index (χ0v) is 10.8. The molecule has 3 nitrogen and oxygen atoms in total. The van der Waals surface area contributed by atoms with Crippen LogP contribution in [0.5, 0.6) is 0 Å². The number of para-hydroxylation sites is 1. The van der Waals surface area contributed by atoms with E-state index >= 15 is 0 Å². The molecule has 1 fully saturated rings. The summed E-state index contributed by atoms with van der Waals surface area (Å²) in [4.78, 5) is 11.9. The van der Waals surface area contributed by atoms with Gasteiger partial charge in [0.25, 0.3) is 5.91 Å². The molecule has 0 aromatic heterocycles. The Labute approximate surface area is 112 Å². The summed E-state index contributed by atoms with van der Waals surface area (Å²) in [5.74, 6) is 1.18. The Hall–Kier alpha value is -1.37. The van der Waals surface area contributed by atoms with E-state index in [1.807, 2.05) is 0 Å². The fourth-order valence-corrected chi connectivity index (χ4v) is 3.07. The van der Waals surface area contributed by atoms with Gasteiger partial charge in [-0.15, -0.1) is 0 Å². The number of halogens is 3. The summed E-state index contributed by atoms with van der Waals surface area (Å²) in [5.41, 5.74) is 3.85. The first-order valence-electron chi connectivity index (χ1n) is 5.74. The summed E-state index contributed by atoms with van der Waals surface area (Å²) >= 11 is 1.70. The standard InChI is InChI=1S/C12H13F3N2OS/c13-12(14,15)9-3-1-2-8(10(9)16)11(18)17-7-4-5-19-6-7/h1-3,7H,4-6,16H2,(H,17,18). The molecule has 7 heteroatoms. The summed E-state index contributed by atoms with van der Waals surface area (Å²) in [6.07, 6.45) is -3.72. The molecule has 0 radical (unpaired) electrons. The topological polar surface area (TPSA) is 55.1 Å². The van der Waals surface area contributed by atoms with Gasteiger partial charge in [-0.05, 0) is 24.3 Å². The summed E-state index contributed by atoms with van der Waals surface area (Å²) < 4.78 is 38.0. The van der Waals surface area contributed by atoms with E-state index in [2.05, 4.69) is 5.32 Å². The second kappa shape index (κ2) is 5.32. The third-order valence-corrected chi connectivity index (χ3v) is 4.08. The quantitative estimate of drug-likeness (QED) is 0.823. The number of carbonyl (C=O) groups excluding carboxylic acids is 1. The van der Waals surface area contributed by atoms with Crippen LogP contribution < -0.4 is 11.1 Å². The minimum absolute atomic E-state index is 0.00597. The molecule has 1 aliphatic heterocycles. The average molecular weight is 290 g/mol. The molecule has 1 atom stereocenters. The lowest BCUT2D eigenvalue weighted by atomic mass is 10.1. The number of nitrogens with one attached hydrogen (secondary N) is 1. The molecule has 104 valence electrons. The Morgan fingerprint density at radius 2 is 2.16 bits per heavy atom. The summed E-state index contributed by atoms with van der Waals surface area (Å²) in [5, 5.41) is 2.71. The fourth-order valence-electron chi connectivity index (χ4n) is 1.92. The normalized spacial score (nSPS) is 19.4. The minimum atomic E-state index is -4.55. The van der Waals surface area contributed by atoms with Crippen LogP contribution >= 0.6 is 11.8 Å². The highest BCUT2D eigenvalue weighted by atomic mass is 32.2. The Kier molecular flexibility index (Phi) is 3.93. The van der Waals surface area contributed by atoms with E-state index in [1.165, 1.54) is 12.1 Å². The van der Waals surface area contributed by atoms with Gasteiger partial charge in [0.2, 0.25) is 0 Å². The molecule has 1 unspecified atom stereocenters. The van der Waals surface area contributed by atoms with E-state index < -0.39 is 23.3 Å². The molecule has 19 heavy (non-hydrogen) atoms. The van der Waals surface area contributed by atoms with Crippen LogP contribution in [0, 0.1) is 0 Å². The van der Waals surface area contributed by atoms with Crippen molar-refractivity contribution < 1.29 is 18.0 Å². The van der Waals surface area contributed by atoms with Crippen molar-refractivity contribution in [2.45, 2.75) is 18.6 Å². The van der Waals surface area contributed by atoms with E-state index in [9.17, 15) is 18.0 Å². The molecule has 1 aromatic carbocycles. The number of carbonyl (C=O) groups is 1.